The predicted molar refractivity (Wildman–Crippen MR) is 268 cm³/mol. The zero-order chi connectivity index (χ0) is 41.0. The first-order valence-corrected chi connectivity index (χ1v) is 22.1. The third kappa shape index (κ3) is 6.07. The molecule has 0 amide bonds. The number of nitrogens with zero attached hydrogens (tertiary/aromatic N) is 1. The summed E-state index contributed by atoms with van der Waals surface area (Å²) in [4.78, 5) is 2.45. The molecule has 62 heavy (non-hydrogen) atoms. The van der Waals surface area contributed by atoms with Gasteiger partial charge in [0.1, 0.15) is 0 Å². The molecule has 11 aromatic carbocycles. The van der Waals surface area contributed by atoms with Crippen LogP contribution in [0.25, 0.3) is 97.0 Å². The van der Waals surface area contributed by atoms with Crippen LogP contribution in [-0.4, -0.2) is 0 Å². The van der Waals surface area contributed by atoms with Gasteiger partial charge in [0.15, 0.2) is 0 Å². The van der Waals surface area contributed by atoms with Gasteiger partial charge in [0, 0.05) is 37.1 Å². The molecule has 0 aliphatic carbocycles. The second-order valence-corrected chi connectivity index (χ2v) is 17.1. The van der Waals surface area contributed by atoms with Crippen molar-refractivity contribution in [3.63, 3.8) is 0 Å². The summed E-state index contributed by atoms with van der Waals surface area (Å²) in [5, 5.41) is 10.1. The maximum atomic E-state index is 2.45. The molecule has 0 saturated heterocycles. The lowest BCUT2D eigenvalue weighted by atomic mass is 9.90. The Bertz CT molecular complexity index is 3630. The first-order valence-electron chi connectivity index (χ1n) is 21.3. The number of para-hydroxylation sites is 1. The zero-order valence-electron chi connectivity index (χ0n) is 33.9. The van der Waals surface area contributed by atoms with Crippen LogP contribution in [0.4, 0.5) is 17.1 Å². The Morgan fingerprint density at radius 1 is 0.274 bits per heavy atom. The van der Waals surface area contributed by atoms with Crippen LogP contribution in [0.15, 0.2) is 237 Å². The highest BCUT2D eigenvalue weighted by atomic mass is 32.1. The van der Waals surface area contributed by atoms with Crippen LogP contribution >= 0.6 is 11.3 Å². The molecule has 0 bridgehead atoms. The molecule has 0 aliphatic rings. The summed E-state index contributed by atoms with van der Waals surface area (Å²) in [6.45, 7) is 0. The van der Waals surface area contributed by atoms with E-state index in [0.717, 1.165) is 17.1 Å². The van der Waals surface area contributed by atoms with E-state index in [2.05, 4.69) is 241 Å². The van der Waals surface area contributed by atoms with Gasteiger partial charge < -0.3 is 4.90 Å². The first-order chi connectivity index (χ1) is 30.8. The number of fused-ring (bicyclic) bond motifs is 7. The van der Waals surface area contributed by atoms with E-state index in [1.807, 2.05) is 11.3 Å². The summed E-state index contributed by atoms with van der Waals surface area (Å²) < 4.78 is 2.63. The maximum Gasteiger partial charge on any atom is 0.0540 e. The second kappa shape index (κ2) is 15.0. The van der Waals surface area contributed by atoms with Gasteiger partial charge in [0.05, 0.1) is 5.69 Å². The SMILES string of the molecule is c1ccc(-c2cccc3cccc(-c4ccccc4N(c4ccc(-c5cccc6sc7ccccc7c56)cc4)c4cccc(-c5cccc6c5ccc5ccccc56)c4)c23)cc1. The number of anilines is 3. The summed E-state index contributed by atoms with van der Waals surface area (Å²) in [6, 6.07) is 86.8. The zero-order valence-corrected chi connectivity index (χ0v) is 34.7. The van der Waals surface area contributed by atoms with Crippen LogP contribution < -0.4 is 4.90 Å². The lowest BCUT2D eigenvalue weighted by Gasteiger charge is -2.29. The molecule has 0 unspecified atom stereocenters. The standard InChI is InChI=1S/C60H39NS/c1-2-15-40(16-3-1)49-26-11-18-43-19-12-29-54(59(43)49)53-23-6-8-30-56(53)61(45-36-33-42(34-37-45)50-27-14-32-58-60(50)55-24-7-9-31-57(55)62-58)46-21-10-20-44(39-46)48-25-13-28-51-47-22-5-4-17-41(47)35-38-52(48)51/h1-39H. The summed E-state index contributed by atoms with van der Waals surface area (Å²) in [5.41, 5.74) is 13.0. The molecule has 1 aromatic heterocycles. The van der Waals surface area contributed by atoms with E-state index >= 15 is 0 Å². The molecule has 0 spiro atoms. The van der Waals surface area contributed by atoms with Crippen molar-refractivity contribution in [3.05, 3.63) is 237 Å². The molecule has 12 aromatic rings. The third-order valence-corrected chi connectivity index (χ3v) is 13.6. The Hall–Kier alpha value is -7.78. The molecule has 0 N–H and O–H groups in total. The van der Waals surface area contributed by atoms with Crippen molar-refractivity contribution in [2.75, 3.05) is 4.90 Å². The van der Waals surface area contributed by atoms with E-state index in [0.29, 0.717) is 0 Å². The van der Waals surface area contributed by atoms with Gasteiger partial charge in [-0.3, -0.25) is 0 Å². The minimum absolute atomic E-state index is 1.09. The van der Waals surface area contributed by atoms with Gasteiger partial charge in [0.2, 0.25) is 0 Å². The molecule has 12 rings (SSSR count). The number of hydrogen-bond donors (Lipinski definition) is 0. The van der Waals surface area contributed by atoms with Crippen molar-refractivity contribution >= 4 is 80.9 Å². The fourth-order valence-electron chi connectivity index (χ4n) is 9.66. The summed E-state index contributed by atoms with van der Waals surface area (Å²) in [5.74, 6) is 0. The van der Waals surface area contributed by atoms with Crippen molar-refractivity contribution in [2.45, 2.75) is 0 Å². The molecule has 0 fully saturated rings. The largest absolute Gasteiger partial charge is 0.310 e. The number of thiophene rings is 1. The highest BCUT2D eigenvalue weighted by Crippen LogP contribution is 2.47. The normalized spacial score (nSPS) is 11.5. The van der Waals surface area contributed by atoms with E-state index < -0.39 is 0 Å². The highest BCUT2D eigenvalue weighted by Gasteiger charge is 2.21. The minimum atomic E-state index is 1.09. The summed E-state index contributed by atoms with van der Waals surface area (Å²) in [7, 11) is 0. The average molecular weight is 806 g/mol. The van der Waals surface area contributed by atoms with Crippen molar-refractivity contribution in [1.82, 2.24) is 0 Å². The Kier molecular flexibility index (Phi) is 8.76. The van der Waals surface area contributed by atoms with E-state index in [-0.39, 0.29) is 0 Å². The molecule has 0 saturated carbocycles. The van der Waals surface area contributed by atoms with Crippen molar-refractivity contribution in [2.24, 2.45) is 0 Å². The minimum Gasteiger partial charge on any atom is -0.310 e. The van der Waals surface area contributed by atoms with Crippen LogP contribution in [0.3, 0.4) is 0 Å². The van der Waals surface area contributed by atoms with Crippen LogP contribution in [0.2, 0.25) is 0 Å². The lowest BCUT2D eigenvalue weighted by Crippen LogP contribution is -2.11. The quantitative estimate of drug-likeness (QED) is 0.145. The van der Waals surface area contributed by atoms with Gasteiger partial charge in [-0.05, 0) is 114 Å². The second-order valence-electron chi connectivity index (χ2n) is 16.0. The fraction of sp³-hybridized carbons (Fsp3) is 0. The van der Waals surface area contributed by atoms with E-state index in [1.165, 1.54) is 97.0 Å². The monoisotopic (exact) mass is 805 g/mol. The van der Waals surface area contributed by atoms with Gasteiger partial charge in [-0.25, -0.2) is 0 Å². The average Bonchev–Trinajstić information content (AvgIpc) is 3.73. The maximum absolute atomic E-state index is 2.45. The number of benzene rings is 11. The van der Waals surface area contributed by atoms with Gasteiger partial charge in [-0.15, -0.1) is 11.3 Å². The van der Waals surface area contributed by atoms with Gasteiger partial charge in [0.25, 0.3) is 0 Å². The van der Waals surface area contributed by atoms with Crippen LogP contribution in [-0.2, 0) is 0 Å². The number of hydrogen-bond acceptors (Lipinski definition) is 2. The summed E-state index contributed by atoms with van der Waals surface area (Å²) >= 11 is 1.86. The molecular formula is C60H39NS. The van der Waals surface area contributed by atoms with E-state index in [9.17, 15) is 0 Å². The van der Waals surface area contributed by atoms with Crippen LogP contribution in [0, 0.1) is 0 Å². The molecule has 1 heterocycles. The molecule has 290 valence electrons. The van der Waals surface area contributed by atoms with E-state index in [1.54, 1.807) is 0 Å². The van der Waals surface area contributed by atoms with Gasteiger partial charge in [-0.1, -0.05) is 194 Å². The van der Waals surface area contributed by atoms with E-state index in [4.69, 9.17) is 0 Å². The van der Waals surface area contributed by atoms with Crippen molar-refractivity contribution in [1.29, 1.82) is 0 Å². The Morgan fingerprint density at radius 2 is 0.855 bits per heavy atom. The van der Waals surface area contributed by atoms with Gasteiger partial charge >= 0.3 is 0 Å². The Balaban J connectivity index is 1.06. The molecule has 0 radical (unpaired) electrons. The van der Waals surface area contributed by atoms with Crippen LogP contribution in [0.1, 0.15) is 0 Å². The first kappa shape index (κ1) is 36.1. The smallest absolute Gasteiger partial charge is 0.0540 e. The third-order valence-electron chi connectivity index (χ3n) is 12.5. The molecule has 2 heteroatoms. The Morgan fingerprint density at radius 3 is 1.73 bits per heavy atom. The Labute approximate surface area is 365 Å². The highest BCUT2D eigenvalue weighted by molar-refractivity contribution is 7.25. The van der Waals surface area contributed by atoms with Gasteiger partial charge in [-0.2, -0.15) is 0 Å². The molecule has 1 nitrogen and oxygen atoms in total. The molecule has 0 aliphatic heterocycles. The lowest BCUT2D eigenvalue weighted by molar-refractivity contribution is 1.28. The van der Waals surface area contributed by atoms with Crippen molar-refractivity contribution < 1.29 is 0 Å². The van der Waals surface area contributed by atoms with Crippen molar-refractivity contribution in [3.8, 4) is 44.5 Å². The van der Waals surface area contributed by atoms with Crippen LogP contribution in [0.5, 0.6) is 0 Å². The number of rotatable bonds is 7. The molecule has 0 atom stereocenters. The predicted octanol–water partition coefficient (Wildman–Crippen LogP) is 17.7. The fourth-order valence-corrected chi connectivity index (χ4v) is 10.8. The molecular weight excluding hydrogens is 767 g/mol. The summed E-state index contributed by atoms with van der Waals surface area (Å²) in [6.07, 6.45) is 0. The topological polar surface area (TPSA) is 3.24 Å².